The number of halogens is 2. The largest absolute Gasteiger partial charge is 0.487 e. The van der Waals surface area contributed by atoms with Crippen molar-refractivity contribution in [3.63, 3.8) is 0 Å². The highest BCUT2D eigenvalue weighted by molar-refractivity contribution is 5.88. The van der Waals surface area contributed by atoms with Crippen molar-refractivity contribution >= 4 is 5.97 Å². The second-order valence-corrected chi connectivity index (χ2v) is 4.76. The Morgan fingerprint density at radius 3 is 2.65 bits per heavy atom. The van der Waals surface area contributed by atoms with Crippen LogP contribution in [0.2, 0.25) is 0 Å². The van der Waals surface area contributed by atoms with Gasteiger partial charge in [-0.2, -0.15) is 0 Å². The summed E-state index contributed by atoms with van der Waals surface area (Å²) in [5.74, 6) is -4.24. The fourth-order valence-electron chi connectivity index (χ4n) is 2.00. The van der Waals surface area contributed by atoms with E-state index in [1.54, 1.807) is 13.8 Å². The van der Waals surface area contributed by atoms with Crippen LogP contribution in [0, 0.1) is 0 Å². The van der Waals surface area contributed by atoms with Gasteiger partial charge < -0.3 is 9.84 Å². The summed E-state index contributed by atoms with van der Waals surface area (Å²) >= 11 is 0. The van der Waals surface area contributed by atoms with E-state index >= 15 is 0 Å². The van der Waals surface area contributed by atoms with Crippen LogP contribution < -0.4 is 4.74 Å². The number of hydrogen-bond acceptors (Lipinski definition) is 2. The van der Waals surface area contributed by atoms with Gasteiger partial charge in [0.1, 0.15) is 11.4 Å². The second kappa shape index (κ2) is 3.42. The Bertz CT molecular complexity index is 481. The molecule has 1 aliphatic heterocycles. The number of ether oxygens (including phenoxy) is 1. The lowest BCUT2D eigenvalue weighted by Crippen LogP contribution is -2.40. The molecule has 1 aromatic carbocycles. The molecule has 1 heterocycles. The van der Waals surface area contributed by atoms with Gasteiger partial charge >= 0.3 is 5.97 Å². The van der Waals surface area contributed by atoms with Crippen LogP contribution in [0.15, 0.2) is 18.2 Å². The van der Waals surface area contributed by atoms with Gasteiger partial charge in [0.15, 0.2) is 0 Å². The van der Waals surface area contributed by atoms with Crippen LogP contribution in [-0.4, -0.2) is 16.7 Å². The minimum Gasteiger partial charge on any atom is -0.487 e. The fraction of sp³-hybridized carbons (Fsp3) is 0.417. The maximum atomic E-state index is 13.9. The first kappa shape index (κ1) is 11.8. The van der Waals surface area contributed by atoms with Crippen molar-refractivity contribution in [2.45, 2.75) is 31.8 Å². The van der Waals surface area contributed by atoms with E-state index < -0.39 is 23.9 Å². The van der Waals surface area contributed by atoms with E-state index in [2.05, 4.69) is 0 Å². The van der Waals surface area contributed by atoms with Gasteiger partial charge in [0.25, 0.3) is 5.92 Å². The van der Waals surface area contributed by atoms with Gasteiger partial charge in [-0.25, -0.2) is 13.6 Å². The van der Waals surface area contributed by atoms with E-state index in [1.165, 1.54) is 12.1 Å². The maximum Gasteiger partial charge on any atom is 0.335 e. The van der Waals surface area contributed by atoms with Crippen LogP contribution in [0.5, 0.6) is 5.75 Å². The summed E-state index contributed by atoms with van der Waals surface area (Å²) in [6.45, 7) is 3.16. The Morgan fingerprint density at radius 1 is 1.41 bits per heavy atom. The molecule has 3 nitrogen and oxygen atoms in total. The van der Waals surface area contributed by atoms with Gasteiger partial charge in [-0.05, 0) is 32.0 Å². The molecule has 0 atom stereocenters. The molecular weight excluding hydrogens is 230 g/mol. The molecular formula is C12H12F2O3. The molecule has 0 amide bonds. The number of aromatic carboxylic acids is 1. The zero-order chi connectivity index (χ0) is 12.8. The highest BCUT2D eigenvalue weighted by atomic mass is 19.3. The summed E-state index contributed by atoms with van der Waals surface area (Å²) in [6, 6.07) is 3.53. The van der Waals surface area contributed by atoms with Crippen LogP contribution in [-0.2, 0) is 5.92 Å². The Balaban J connectivity index is 2.55. The zero-order valence-electron chi connectivity index (χ0n) is 9.46. The average Bonchev–Trinajstić information content (AvgIpc) is 2.13. The Kier molecular flexibility index (Phi) is 2.38. The third-order valence-electron chi connectivity index (χ3n) is 2.65. The number of alkyl halides is 2. The molecule has 0 aromatic heterocycles. The normalized spacial score (nSPS) is 20.2. The first-order valence-corrected chi connectivity index (χ1v) is 5.16. The number of rotatable bonds is 1. The van der Waals surface area contributed by atoms with Crippen LogP contribution in [0.3, 0.4) is 0 Å². The number of carboxylic acid groups (broad SMARTS) is 1. The molecule has 2 rings (SSSR count). The molecule has 5 heteroatoms. The van der Waals surface area contributed by atoms with E-state index in [-0.39, 0.29) is 16.9 Å². The van der Waals surface area contributed by atoms with E-state index in [0.29, 0.717) is 0 Å². The van der Waals surface area contributed by atoms with Gasteiger partial charge in [0, 0.05) is 0 Å². The third kappa shape index (κ3) is 2.09. The van der Waals surface area contributed by atoms with Crippen LogP contribution in [0.4, 0.5) is 8.78 Å². The molecule has 0 radical (unpaired) electrons. The lowest BCUT2D eigenvalue weighted by atomic mass is 9.90. The molecule has 1 N–H and O–H groups in total. The lowest BCUT2D eigenvalue weighted by molar-refractivity contribution is -0.0931. The van der Waals surface area contributed by atoms with Crippen molar-refractivity contribution in [3.05, 3.63) is 29.3 Å². The quantitative estimate of drug-likeness (QED) is 0.823. The summed E-state index contributed by atoms with van der Waals surface area (Å²) in [4.78, 5) is 10.7. The predicted octanol–water partition coefficient (Wildman–Crippen LogP) is 3.04. The maximum absolute atomic E-state index is 13.9. The SMILES string of the molecule is CC1(C)CC(F)(F)c2cc(C(=O)O)ccc2O1. The highest BCUT2D eigenvalue weighted by Gasteiger charge is 2.46. The molecule has 0 fully saturated rings. The summed E-state index contributed by atoms with van der Waals surface area (Å²) in [6.07, 6.45) is -0.462. The van der Waals surface area contributed by atoms with E-state index in [4.69, 9.17) is 9.84 Å². The van der Waals surface area contributed by atoms with Gasteiger partial charge in [-0.3, -0.25) is 0 Å². The molecule has 92 valence electrons. The second-order valence-electron chi connectivity index (χ2n) is 4.76. The third-order valence-corrected chi connectivity index (χ3v) is 2.65. The van der Waals surface area contributed by atoms with E-state index in [9.17, 15) is 13.6 Å². The van der Waals surface area contributed by atoms with Crippen molar-refractivity contribution < 1.29 is 23.4 Å². The number of carbonyl (C=O) groups is 1. The first-order chi connectivity index (χ1) is 7.71. The van der Waals surface area contributed by atoms with Gasteiger partial charge in [-0.15, -0.1) is 0 Å². The number of fused-ring (bicyclic) bond motifs is 1. The fourth-order valence-corrected chi connectivity index (χ4v) is 2.00. The van der Waals surface area contributed by atoms with Crippen molar-refractivity contribution in [1.82, 2.24) is 0 Å². The Hall–Kier alpha value is -1.65. The van der Waals surface area contributed by atoms with Gasteiger partial charge in [0.05, 0.1) is 17.5 Å². The Morgan fingerprint density at radius 2 is 2.06 bits per heavy atom. The molecule has 0 saturated carbocycles. The smallest absolute Gasteiger partial charge is 0.335 e. The van der Waals surface area contributed by atoms with Crippen LogP contribution in [0.25, 0.3) is 0 Å². The molecule has 0 spiro atoms. The van der Waals surface area contributed by atoms with Crippen molar-refractivity contribution in [1.29, 1.82) is 0 Å². The minimum atomic E-state index is -3.07. The Labute approximate surface area is 97.0 Å². The molecule has 1 aromatic rings. The molecule has 17 heavy (non-hydrogen) atoms. The monoisotopic (exact) mass is 242 g/mol. The zero-order valence-corrected chi connectivity index (χ0v) is 9.46. The van der Waals surface area contributed by atoms with Crippen molar-refractivity contribution in [2.75, 3.05) is 0 Å². The first-order valence-electron chi connectivity index (χ1n) is 5.16. The summed E-state index contributed by atoms with van der Waals surface area (Å²) in [7, 11) is 0. The standard InChI is InChI=1S/C12H12F2O3/c1-11(2)6-12(13,14)8-5-7(10(15)16)3-4-9(8)17-11/h3-5H,6H2,1-2H3,(H,15,16). The van der Waals surface area contributed by atoms with Gasteiger partial charge in [0.2, 0.25) is 0 Å². The summed E-state index contributed by atoms with van der Waals surface area (Å²) in [5, 5.41) is 8.77. The summed E-state index contributed by atoms with van der Waals surface area (Å²) < 4.78 is 33.1. The lowest BCUT2D eigenvalue weighted by Gasteiger charge is -2.37. The molecule has 1 aliphatic rings. The number of carboxylic acids is 1. The summed E-state index contributed by atoms with van der Waals surface area (Å²) in [5.41, 5.74) is -1.47. The van der Waals surface area contributed by atoms with Crippen LogP contribution in [0.1, 0.15) is 36.2 Å². The number of hydrogen-bond donors (Lipinski definition) is 1. The minimum absolute atomic E-state index is 0.0521. The van der Waals surface area contributed by atoms with Gasteiger partial charge in [-0.1, -0.05) is 0 Å². The molecule has 0 aliphatic carbocycles. The van der Waals surface area contributed by atoms with Crippen molar-refractivity contribution in [3.8, 4) is 5.75 Å². The average molecular weight is 242 g/mol. The van der Waals surface area contributed by atoms with Crippen LogP contribution >= 0.6 is 0 Å². The predicted molar refractivity (Wildman–Crippen MR) is 56.6 cm³/mol. The van der Waals surface area contributed by atoms with E-state index in [0.717, 1.165) is 6.07 Å². The van der Waals surface area contributed by atoms with E-state index in [1.807, 2.05) is 0 Å². The van der Waals surface area contributed by atoms with Crippen molar-refractivity contribution in [2.24, 2.45) is 0 Å². The molecule has 0 unspecified atom stereocenters. The topological polar surface area (TPSA) is 46.5 Å². The highest BCUT2D eigenvalue weighted by Crippen LogP contribution is 2.47. The number of benzene rings is 1. The molecule has 0 bridgehead atoms. The molecule has 0 saturated heterocycles.